The Hall–Kier alpha value is -4.54. The molecule has 204 valence electrons. The van der Waals surface area contributed by atoms with E-state index in [4.69, 9.17) is 4.74 Å². The second kappa shape index (κ2) is 9.89. The van der Waals surface area contributed by atoms with Crippen LogP contribution in [0.1, 0.15) is 30.9 Å². The molecule has 2 N–H and O–H groups in total. The van der Waals surface area contributed by atoms with Crippen molar-refractivity contribution in [1.82, 2.24) is 30.0 Å². The maximum Gasteiger partial charge on any atom is 0.245 e. The summed E-state index contributed by atoms with van der Waals surface area (Å²) in [5, 5.41) is 11.3. The summed E-state index contributed by atoms with van der Waals surface area (Å²) >= 11 is 0. The molecule has 2 saturated heterocycles. The highest BCUT2D eigenvalue weighted by molar-refractivity contribution is 5.91. The van der Waals surface area contributed by atoms with Gasteiger partial charge in [0.25, 0.3) is 0 Å². The largest absolute Gasteiger partial charge is 0.457 e. The molecule has 3 aromatic heterocycles. The number of carbonyl (C=O) groups excluding carboxylic acids is 1. The molecule has 11 heteroatoms. The Morgan fingerprint density at radius 1 is 1.10 bits per heavy atom. The standard InChI is InChI=1S/C29H29FN8O2/c1-2-25(39)37-9-6-17(7-10-37)27-26-28(32-16-33-29(26)36-35-27)34-23-4-3-20(12-22(23)30)40-21-5-8-31-24(13-21)38-14-18-11-19(18)15-38/h2-5,8,12-13,16-19H,1,6-7,9-11,14-15H2,(H2,32,33,34,35,36). The van der Waals surface area contributed by atoms with E-state index < -0.39 is 5.82 Å². The zero-order valence-corrected chi connectivity index (χ0v) is 21.9. The van der Waals surface area contributed by atoms with Crippen molar-refractivity contribution < 1.29 is 13.9 Å². The van der Waals surface area contributed by atoms with Crippen LogP contribution in [0.3, 0.4) is 0 Å². The van der Waals surface area contributed by atoms with Crippen LogP contribution in [0.15, 0.2) is 55.5 Å². The van der Waals surface area contributed by atoms with Crippen molar-refractivity contribution in [2.75, 3.05) is 36.4 Å². The first-order valence-electron chi connectivity index (χ1n) is 13.6. The van der Waals surface area contributed by atoms with Crippen molar-refractivity contribution in [3.05, 3.63) is 67.0 Å². The van der Waals surface area contributed by atoms with Crippen LogP contribution in [0.4, 0.5) is 21.7 Å². The van der Waals surface area contributed by atoms with Crippen LogP contribution in [0.2, 0.25) is 0 Å². The van der Waals surface area contributed by atoms with Crippen molar-refractivity contribution in [2.24, 2.45) is 11.8 Å². The Balaban J connectivity index is 1.08. The van der Waals surface area contributed by atoms with Crippen LogP contribution >= 0.6 is 0 Å². The minimum Gasteiger partial charge on any atom is -0.457 e. The number of carbonyl (C=O) groups is 1. The molecular formula is C29H29FN8O2. The average Bonchev–Trinajstić information content (AvgIpc) is 3.36. The highest BCUT2D eigenvalue weighted by atomic mass is 19.1. The Morgan fingerprint density at radius 2 is 1.90 bits per heavy atom. The van der Waals surface area contributed by atoms with E-state index >= 15 is 4.39 Å². The van der Waals surface area contributed by atoms with Crippen LogP contribution in [-0.2, 0) is 4.79 Å². The van der Waals surface area contributed by atoms with Crippen LogP contribution in [-0.4, -0.2) is 62.1 Å². The fourth-order valence-electron chi connectivity index (χ4n) is 5.92. The molecule has 1 saturated carbocycles. The van der Waals surface area contributed by atoms with Crippen LogP contribution in [0.5, 0.6) is 11.5 Å². The smallest absolute Gasteiger partial charge is 0.245 e. The normalized spacial score (nSPS) is 20.4. The van der Waals surface area contributed by atoms with Gasteiger partial charge in [0.05, 0.1) is 16.8 Å². The van der Waals surface area contributed by atoms with Gasteiger partial charge < -0.3 is 19.9 Å². The van der Waals surface area contributed by atoms with Gasteiger partial charge in [-0.2, -0.15) is 5.10 Å². The third-order valence-electron chi connectivity index (χ3n) is 8.20. The molecule has 4 aromatic rings. The number of benzene rings is 1. The number of piperidine rings is 2. The lowest BCUT2D eigenvalue weighted by atomic mass is 9.92. The molecule has 3 aliphatic rings. The second-order valence-electron chi connectivity index (χ2n) is 10.7. The summed E-state index contributed by atoms with van der Waals surface area (Å²) in [6.45, 7) is 6.90. The van der Waals surface area contributed by atoms with Crippen molar-refractivity contribution in [2.45, 2.75) is 25.2 Å². The number of anilines is 3. The lowest BCUT2D eigenvalue weighted by Crippen LogP contribution is -2.36. The fraction of sp³-hybridized carbons (Fsp3) is 0.345. The third-order valence-corrected chi connectivity index (χ3v) is 8.20. The lowest BCUT2D eigenvalue weighted by molar-refractivity contribution is -0.127. The highest BCUT2D eigenvalue weighted by Gasteiger charge is 2.45. The summed E-state index contributed by atoms with van der Waals surface area (Å²) in [7, 11) is 0. The van der Waals surface area contributed by atoms with Crippen LogP contribution in [0.25, 0.3) is 11.0 Å². The summed E-state index contributed by atoms with van der Waals surface area (Å²) < 4.78 is 21.3. The number of pyridine rings is 1. The second-order valence-corrected chi connectivity index (χ2v) is 10.7. The average molecular weight is 541 g/mol. The van der Waals surface area contributed by atoms with Gasteiger partial charge in [0.2, 0.25) is 5.91 Å². The number of halogens is 1. The molecule has 7 rings (SSSR count). The Bertz CT molecular complexity index is 1590. The summed E-state index contributed by atoms with van der Waals surface area (Å²) in [6, 6.07) is 8.39. The van der Waals surface area contributed by atoms with Gasteiger partial charge in [0, 0.05) is 50.4 Å². The first-order chi connectivity index (χ1) is 19.6. The number of H-pyrrole nitrogens is 1. The molecule has 0 bridgehead atoms. The van der Waals surface area contributed by atoms with Gasteiger partial charge in [-0.3, -0.25) is 9.89 Å². The number of fused-ring (bicyclic) bond motifs is 2. The maximum atomic E-state index is 15.3. The molecule has 2 unspecified atom stereocenters. The number of hydrogen-bond donors (Lipinski definition) is 2. The molecule has 10 nitrogen and oxygen atoms in total. The molecule has 0 spiro atoms. The van der Waals surface area contributed by atoms with Gasteiger partial charge >= 0.3 is 0 Å². The summed E-state index contributed by atoms with van der Waals surface area (Å²) in [5.74, 6) is 3.55. The molecular weight excluding hydrogens is 511 g/mol. The number of likely N-dealkylation sites (tertiary alicyclic amines) is 1. The SMILES string of the molecule is C=CC(=O)N1CCC(c2n[nH]c3ncnc(Nc4ccc(Oc5ccnc(N6CC7CC7C6)c5)cc4F)c23)CC1. The number of ether oxygens (including phenoxy) is 1. The van der Waals surface area contributed by atoms with Crippen molar-refractivity contribution in [3.8, 4) is 11.5 Å². The Morgan fingerprint density at radius 3 is 2.67 bits per heavy atom. The van der Waals surface area contributed by atoms with Gasteiger partial charge in [0.15, 0.2) is 5.65 Å². The first-order valence-corrected chi connectivity index (χ1v) is 13.6. The van der Waals surface area contributed by atoms with E-state index in [1.165, 1.54) is 24.9 Å². The molecule has 1 aromatic carbocycles. The van der Waals surface area contributed by atoms with Gasteiger partial charge in [-0.25, -0.2) is 19.3 Å². The van der Waals surface area contributed by atoms with Gasteiger partial charge in [0.1, 0.15) is 35.3 Å². The molecule has 2 atom stereocenters. The molecule has 1 amide bonds. The predicted octanol–water partition coefficient (Wildman–Crippen LogP) is 4.77. The van der Waals surface area contributed by atoms with Crippen molar-refractivity contribution in [1.29, 1.82) is 0 Å². The number of hydrogen-bond acceptors (Lipinski definition) is 8. The number of nitrogens with zero attached hydrogens (tertiary/aromatic N) is 6. The van der Waals surface area contributed by atoms with E-state index in [1.54, 1.807) is 29.3 Å². The zero-order valence-electron chi connectivity index (χ0n) is 21.9. The molecule has 1 aliphatic carbocycles. The van der Waals surface area contributed by atoms with E-state index in [1.807, 2.05) is 6.07 Å². The minimum atomic E-state index is -0.473. The Kier molecular flexibility index (Phi) is 6.06. The highest BCUT2D eigenvalue weighted by Crippen LogP contribution is 2.46. The number of aromatic amines is 1. The number of nitrogens with one attached hydrogen (secondary N) is 2. The summed E-state index contributed by atoms with van der Waals surface area (Å²) in [4.78, 5) is 29.3. The quantitative estimate of drug-likeness (QED) is 0.323. The zero-order chi connectivity index (χ0) is 27.2. The van der Waals surface area contributed by atoms with E-state index in [-0.39, 0.29) is 17.5 Å². The number of aromatic nitrogens is 5. The summed E-state index contributed by atoms with van der Waals surface area (Å²) in [6.07, 6.45) is 7.32. The molecule has 2 aliphatic heterocycles. The fourth-order valence-corrected chi connectivity index (χ4v) is 5.92. The van der Waals surface area contributed by atoms with Gasteiger partial charge in [-0.05, 0) is 55.4 Å². The molecule has 3 fully saturated rings. The van der Waals surface area contributed by atoms with E-state index in [9.17, 15) is 4.79 Å². The van der Waals surface area contributed by atoms with E-state index in [2.05, 4.69) is 41.9 Å². The van der Waals surface area contributed by atoms with Crippen molar-refractivity contribution in [3.63, 3.8) is 0 Å². The topological polar surface area (TPSA) is 112 Å². The lowest BCUT2D eigenvalue weighted by Gasteiger charge is -2.30. The monoisotopic (exact) mass is 540 g/mol. The van der Waals surface area contributed by atoms with Gasteiger partial charge in [-0.1, -0.05) is 6.58 Å². The Labute approximate surface area is 230 Å². The maximum absolute atomic E-state index is 15.3. The molecule has 5 heterocycles. The summed E-state index contributed by atoms with van der Waals surface area (Å²) in [5.41, 5.74) is 1.65. The molecule has 40 heavy (non-hydrogen) atoms. The minimum absolute atomic E-state index is 0.0637. The van der Waals surface area contributed by atoms with Gasteiger partial charge in [-0.15, -0.1) is 0 Å². The van der Waals surface area contributed by atoms with E-state index in [0.717, 1.165) is 54.7 Å². The van der Waals surface area contributed by atoms with E-state index in [0.29, 0.717) is 36.1 Å². The van der Waals surface area contributed by atoms with Crippen LogP contribution < -0.4 is 15.0 Å². The number of rotatable bonds is 7. The van der Waals surface area contributed by atoms with Crippen LogP contribution in [0, 0.1) is 17.7 Å². The molecule has 0 radical (unpaired) electrons. The third kappa shape index (κ3) is 4.61. The predicted molar refractivity (Wildman–Crippen MR) is 148 cm³/mol. The number of amides is 1. The first kappa shape index (κ1) is 24.5. The van der Waals surface area contributed by atoms with Crippen molar-refractivity contribution >= 4 is 34.3 Å².